The fraction of sp³-hybridized carbons (Fsp3) is 0.250. The van der Waals surface area contributed by atoms with Crippen LogP contribution >= 0.6 is 11.9 Å². The molecule has 0 atom stereocenters. The molecule has 0 rings (SSSR count). The summed E-state index contributed by atoms with van der Waals surface area (Å²) in [4.78, 5) is 10.1. The van der Waals surface area contributed by atoms with E-state index in [1.807, 2.05) is 0 Å². The van der Waals surface area contributed by atoms with Crippen LogP contribution in [0, 0.1) is 0 Å². The highest BCUT2D eigenvalue weighted by Gasteiger charge is 2.07. The molecule has 0 fully saturated rings. The summed E-state index contributed by atoms with van der Waals surface area (Å²) in [5, 5.41) is 13.3. The minimum Gasteiger partial charge on any atom is -0.477 e. The van der Waals surface area contributed by atoms with E-state index < -0.39 is 5.97 Å². The van der Waals surface area contributed by atoms with Gasteiger partial charge in [0.05, 0.1) is 0 Å². The van der Waals surface area contributed by atoms with Crippen molar-refractivity contribution in [3.8, 4) is 0 Å². The van der Waals surface area contributed by atoms with Gasteiger partial charge in [-0.15, -0.1) is 0 Å². The minimum absolute atomic E-state index is 0.00463. The van der Waals surface area contributed by atoms with Crippen LogP contribution < -0.4 is 10.9 Å². The summed E-state index contributed by atoms with van der Waals surface area (Å²) >= 11 is 0.641. The number of carboxylic acid groups (broad SMARTS) is 1. The molecule has 5 N–H and O–H groups in total. The molecule has 5 heteroatoms. The predicted octanol–water partition coefficient (Wildman–Crippen LogP) is -0.132. The molecule has 0 saturated heterocycles. The molecule has 0 unspecified atom stereocenters. The Labute approximate surface area is 57.0 Å². The Kier molecular flexibility index (Phi) is 3.11. The summed E-state index contributed by atoms with van der Waals surface area (Å²) in [5.74, 6) is -1.08. The molecule has 0 spiro atoms. The molecule has 0 heterocycles. The summed E-state index contributed by atoms with van der Waals surface area (Å²) in [6.45, 7) is 1.49. The maximum Gasteiger partial charge on any atom is 0.345 e. The second-order valence-corrected chi connectivity index (χ2v) is 2.08. The van der Waals surface area contributed by atoms with Crippen molar-refractivity contribution in [2.45, 2.75) is 6.92 Å². The Morgan fingerprint density at radius 2 is 2.11 bits per heavy atom. The van der Waals surface area contributed by atoms with E-state index in [0.29, 0.717) is 11.9 Å². The molecule has 0 saturated carbocycles. The number of hydrogen-bond donors (Lipinski definition) is 3. The van der Waals surface area contributed by atoms with E-state index in [2.05, 4.69) is 0 Å². The van der Waals surface area contributed by atoms with Crippen molar-refractivity contribution < 1.29 is 9.90 Å². The van der Waals surface area contributed by atoms with Gasteiger partial charge in [0.15, 0.2) is 0 Å². The summed E-state index contributed by atoms with van der Waals surface area (Å²) in [6.07, 6.45) is 0. The third-order valence-electron chi connectivity index (χ3n) is 0.670. The van der Waals surface area contributed by atoms with Crippen LogP contribution in [0.2, 0.25) is 0 Å². The minimum atomic E-state index is -1.08. The van der Waals surface area contributed by atoms with Gasteiger partial charge in [-0.2, -0.15) is 0 Å². The number of hydrogen-bond acceptors (Lipinski definition) is 4. The quantitative estimate of drug-likeness (QED) is 0.375. The zero-order valence-electron chi connectivity index (χ0n) is 4.92. The van der Waals surface area contributed by atoms with E-state index in [9.17, 15) is 4.79 Å². The third kappa shape index (κ3) is 2.39. The first kappa shape index (κ1) is 8.32. The Morgan fingerprint density at radius 3 is 2.11 bits per heavy atom. The number of carbonyl (C=O) groups is 1. The molecule has 0 aromatic rings. The van der Waals surface area contributed by atoms with Gasteiger partial charge in [-0.1, -0.05) is 0 Å². The monoisotopic (exact) mass is 148 g/mol. The van der Waals surface area contributed by atoms with Crippen molar-refractivity contribution in [2.75, 3.05) is 0 Å². The van der Waals surface area contributed by atoms with E-state index in [4.69, 9.17) is 16.0 Å². The lowest BCUT2D eigenvalue weighted by molar-refractivity contribution is -0.131. The van der Waals surface area contributed by atoms with Gasteiger partial charge in [0.25, 0.3) is 0 Å². The lowest BCUT2D eigenvalue weighted by atomic mass is 10.4. The van der Waals surface area contributed by atoms with Crippen LogP contribution in [-0.2, 0) is 4.79 Å². The van der Waals surface area contributed by atoms with Gasteiger partial charge in [0, 0.05) is 5.70 Å². The van der Waals surface area contributed by atoms with Gasteiger partial charge in [0.1, 0.15) is 4.91 Å². The van der Waals surface area contributed by atoms with Gasteiger partial charge in [-0.25, -0.2) is 4.79 Å². The van der Waals surface area contributed by atoms with Crippen LogP contribution in [0.4, 0.5) is 0 Å². The lowest BCUT2D eigenvalue weighted by Gasteiger charge is -1.96. The molecule has 0 aromatic heterocycles. The van der Waals surface area contributed by atoms with Crippen molar-refractivity contribution in [3.05, 3.63) is 10.6 Å². The molecule has 0 aromatic carbocycles. The van der Waals surface area contributed by atoms with Crippen molar-refractivity contribution >= 4 is 17.9 Å². The van der Waals surface area contributed by atoms with Gasteiger partial charge >= 0.3 is 5.97 Å². The molecule has 0 aliphatic rings. The molecule has 52 valence electrons. The first-order chi connectivity index (χ1) is 4.09. The summed E-state index contributed by atoms with van der Waals surface area (Å²) < 4.78 is 0. The third-order valence-corrected chi connectivity index (χ3v) is 1.40. The molecule has 0 bridgehead atoms. The zero-order valence-corrected chi connectivity index (χ0v) is 5.73. The first-order valence-electron chi connectivity index (χ1n) is 2.16. The first-order valence-corrected chi connectivity index (χ1v) is 3.04. The molecule has 0 aliphatic heterocycles. The van der Waals surface area contributed by atoms with Gasteiger partial charge in [-0.05, 0) is 18.9 Å². The van der Waals surface area contributed by atoms with Gasteiger partial charge in [0.2, 0.25) is 0 Å². The normalized spacial score (nSPS) is 12.7. The van der Waals surface area contributed by atoms with E-state index in [0.717, 1.165) is 0 Å². The standard InChI is InChI=1S/C4H8N2O2S/c1-2(5)3(9-6)4(7)8/h5-6H2,1H3,(H,7,8)/b3-2-. The smallest absolute Gasteiger partial charge is 0.345 e. The molecular formula is C4H8N2O2S. The second-order valence-electron chi connectivity index (χ2n) is 1.44. The Balaban J connectivity index is 4.35. The van der Waals surface area contributed by atoms with Crippen LogP contribution in [0.15, 0.2) is 10.6 Å². The van der Waals surface area contributed by atoms with Crippen LogP contribution in [0.25, 0.3) is 0 Å². The fourth-order valence-corrected chi connectivity index (χ4v) is 0.599. The Hall–Kier alpha value is -0.680. The predicted molar refractivity (Wildman–Crippen MR) is 36.3 cm³/mol. The number of aliphatic carboxylic acids is 1. The van der Waals surface area contributed by atoms with Crippen molar-refractivity contribution in [3.63, 3.8) is 0 Å². The SMILES string of the molecule is C/C(N)=C(/SN)C(=O)O. The van der Waals surface area contributed by atoms with Crippen LogP contribution in [-0.4, -0.2) is 11.1 Å². The number of carboxylic acids is 1. The highest BCUT2D eigenvalue weighted by molar-refractivity contribution is 8.01. The number of nitrogens with two attached hydrogens (primary N) is 2. The van der Waals surface area contributed by atoms with E-state index >= 15 is 0 Å². The average Bonchev–Trinajstić information content (AvgIpc) is 1.64. The maximum absolute atomic E-state index is 10.1. The molecule has 9 heavy (non-hydrogen) atoms. The Morgan fingerprint density at radius 1 is 1.67 bits per heavy atom. The number of rotatable bonds is 2. The maximum atomic E-state index is 10.1. The van der Waals surface area contributed by atoms with Crippen LogP contribution in [0.3, 0.4) is 0 Å². The van der Waals surface area contributed by atoms with Gasteiger partial charge < -0.3 is 10.8 Å². The zero-order chi connectivity index (χ0) is 7.44. The van der Waals surface area contributed by atoms with Crippen LogP contribution in [0.1, 0.15) is 6.92 Å². The largest absolute Gasteiger partial charge is 0.477 e. The topological polar surface area (TPSA) is 89.3 Å². The fourth-order valence-electron chi connectivity index (χ4n) is 0.312. The number of allylic oxidation sites excluding steroid dienone is 1. The molecule has 0 amide bonds. The summed E-state index contributed by atoms with van der Waals surface area (Å²) in [5.41, 5.74) is 5.38. The van der Waals surface area contributed by atoms with Crippen molar-refractivity contribution in [1.82, 2.24) is 0 Å². The highest BCUT2D eigenvalue weighted by atomic mass is 32.2. The van der Waals surface area contributed by atoms with Crippen LogP contribution in [0.5, 0.6) is 0 Å². The molecule has 0 aliphatic carbocycles. The van der Waals surface area contributed by atoms with Crippen molar-refractivity contribution in [2.24, 2.45) is 10.9 Å². The average molecular weight is 148 g/mol. The van der Waals surface area contributed by atoms with Crippen molar-refractivity contribution in [1.29, 1.82) is 0 Å². The molecular weight excluding hydrogens is 140 g/mol. The molecule has 0 radical (unpaired) electrons. The van der Waals surface area contributed by atoms with E-state index in [-0.39, 0.29) is 10.6 Å². The Bertz CT molecular complexity index is 151. The summed E-state index contributed by atoms with van der Waals surface area (Å²) in [7, 11) is 0. The molecule has 4 nitrogen and oxygen atoms in total. The summed E-state index contributed by atoms with van der Waals surface area (Å²) in [6, 6.07) is 0. The van der Waals surface area contributed by atoms with Gasteiger partial charge in [-0.3, -0.25) is 5.14 Å². The highest BCUT2D eigenvalue weighted by Crippen LogP contribution is 2.09. The lowest BCUT2D eigenvalue weighted by Crippen LogP contribution is -2.06. The van der Waals surface area contributed by atoms with E-state index in [1.54, 1.807) is 0 Å². The van der Waals surface area contributed by atoms with E-state index in [1.165, 1.54) is 6.92 Å². The second kappa shape index (κ2) is 3.37.